The number of methoxy groups -OCH3 is 2. The number of hydrogen-bond donors (Lipinski definition) is 0. The maximum Gasteiger partial charge on any atom is 0.119 e. The molecule has 0 unspecified atom stereocenters. The van der Waals surface area contributed by atoms with Crippen molar-refractivity contribution in [2.75, 3.05) is 24.0 Å². The normalized spacial score (nSPS) is 10.9. The molecule has 9 aromatic rings. The van der Waals surface area contributed by atoms with Gasteiger partial charge in [-0.05, 0) is 154 Å². The van der Waals surface area contributed by atoms with Gasteiger partial charge in [-0.1, -0.05) is 140 Å². The van der Waals surface area contributed by atoms with E-state index in [0.29, 0.717) is 0 Å². The van der Waals surface area contributed by atoms with Crippen LogP contribution in [-0.2, 0) is 6.42 Å². The Hall–Kier alpha value is -7.82. The highest BCUT2D eigenvalue weighted by molar-refractivity contribution is 5.84. The van der Waals surface area contributed by atoms with Gasteiger partial charge >= 0.3 is 0 Å². The largest absolute Gasteiger partial charge is 0.497 e. The van der Waals surface area contributed by atoms with Crippen molar-refractivity contribution in [3.63, 3.8) is 0 Å². The molecule has 0 spiro atoms. The van der Waals surface area contributed by atoms with E-state index in [1.807, 2.05) is 12.1 Å². The van der Waals surface area contributed by atoms with Crippen LogP contribution in [0.25, 0.3) is 44.5 Å². The molecule has 0 saturated carbocycles. The second-order valence-corrected chi connectivity index (χ2v) is 15.7. The summed E-state index contributed by atoms with van der Waals surface area (Å²) >= 11 is 0. The van der Waals surface area contributed by atoms with Crippen LogP contribution in [-0.4, -0.2) is 14.2 Å². The molecule has 9 rings (SSSR count). The second-order valence-electron chi connectivity index (χ2n) is 15.7. The van der Waals surface area contributed by atoms with Gasteiger partial charge in [0, 0.05) is 34.1 Å². The first kappa shape index (κ1) is 40.6. The minimum absolute atomic E-state index is 0.844. The Bertz CT molecular complexity index is 2910. The first-order chi connectivity index (χ1) is 31.0. The van der Waals surface area contributed by atoms with E-state index in [-0.39, 0.29) is 0 Å². The van der Waals surface area contributed by atoms with Gasteiger partial charge in [-0.3, -0.25) is 0 Å². The molecule has 4 nitrogen and oxygen atoms in total. The lowest BCUT2D eigenvalue weighted by atomic mass is 9.99. The van der Waals surface area contributed by atoms with Crippen LogP contribution in [0, 0.1) is 6.92 Å². The monoisotopic (exact) mass is 818 g/mol. The molecule has 0 aromatic heterocycles. The third-order valence-corrected chi connectivity index (χ3v) is 11.8. The van der Waals surface area contributed by atoms with Crippen molar-refractivity contribution in [1.29, 1.82) is 0 Å². The third kappa shape index (κ3) is 8.70. The van der Waals surface area contributed by atoms with Crippen LogP contribution in [0.15, 0.2) is 218 Å². The van der Waals surface area contributed by atoms with Gasteiger partial charge in [0.15, 0.2) is 0 Å². The van der Waals surface area contributed by atoms with Crippen molar-refractivity contribution in [3.05, 3.63) is 230 Å². The lowest BCUT2D eigenvalue weighted by Gasteiger charge is -2.28. The summed E-state index contributed by atoms with van der Waals surface area (Å²) < 4.78 is 11.2. The smallest absolute Gasteiger partial charge is 0.119 e. The fourth-order valence-electron chi connectivity index (χ4n) is 8.38. The molecular weight excluding hydrogens is 769 g/mol. The van der Waals surface area contributed by atoms with Crippen LogP contribution in [0.3, 0.4) is 0 Å². The number of rotatable bonds is 13. The molecule has 0 atom stereocenters. The fraction of sp³-hybridized carbons (Fsp3) is 0.0847. The highest BCUT2D eigenvalue weighted by Gasteiger charge is 2.18. The van der Waals surface area contributed by atoms with Gasteiger partial charge in [-0.15, -0.1) is 0 Å². The van der Waals surface area contributed by atoms with Crippen LogP contribution >= 0.6 is 0 Å². The van der Waals surface area contributed by atoms with Crippen LogP contribution in [0.4, 0.5) is 34.1 Å². The van der Waals surface area contributed by atoms with E-state index < -0.39 is 0 Å². The highest BCUT2D eigenvalue weighted by Crippen LogP contribution is 2.42. The molecule has 9 aromatic carbocycles. The summed E-state index contributed by atoms with van der Waals surface area (Å²) in [6.45, 7) is 4.33. The molecule has 0 heterocycles. The van der Waals surface area contributed by atoms with Crippen LogP contribution < -0.4 is 19.3 Å². The Morgan fingerprint density at radius 3 is 0.968 bits per heavy atom. The van der Waals surface area contributed by atoms with Gasteiger partial charge in [0.2, 0.25) is 0 Å². The van der Waals surface area contributed by atoms with E-state index in [2.05, 4.69) is 230 Å². The maximum absolute atomic E-state index is 5.62. The Morgan fingerprint density at radius 2 is 0.635 bits per heavy atom. The summed E-state index contributed by atoms with van der Waals surface area (Å²) in [4.78, 5) is 4.67. The van der Waals surface area contributed by atoms with E-state index in [1.54, 1.807) is 14.2 Å². The number of anilines is 6. The van der Waals surface area contributed by atoms with Crippen LogP contribution in [0.2, 0.25) is 0 Å². The number of nitrogens with zero attached hydrogens (tertiary/aromatic N) is 2. The molecule has 0 saturated heterocycles. The summed E-state index contributed by atoms with van der Waals surface area (Å²) in [5.74, 6) is 1.71. The van der Waals surface area contributed by atoms with Crippen molar-refractivity contribution in [2.24, 2.45) is 0 Å². The number of aryl methyl sites for hydroxylation is 2. The molecule has 0 aliphatic carbocycles. The topological polar surface area (TPSA) is 24.9 Å². The Balaban J connectivity index is 0.981. The van der Waals surface area contributed by atoms with Gasteiger partial charge in [0.25, 0.3) is 0 Å². The van der Waals surface area contributed by atoms with E-state index in [4.69, 9.17) is 9.47 Å². The summed E-state index contributed by atoms with van der Waals surface area (Å²) in [5.41, 5.74) is 18.4. The summed E-state index contributed by atoms with van der Waals surface area (Å²) in [5, 5.41) is 0. The number of benzene rings is 9. The third-order valence-electron chi connectivity index (χ3n) is 11.8. The van der Waals surface area contributed by atoms with E-state index in [1.165, 1.54) is 33.4 Å². The van der Waals surface area contributed by atoms with Crippen molar-refractivity contribution < 1.29 is 9.47 Å². The molecule has 4 heteroatoms. The van der Waals surface area contributed by atoms with Gasteiger partial charge < -0.3 is 19.3 Å². The first-order valence-electron chi connectivity index (χ1n) is 21.5. The van der Waals surface area contributed by atoms with E-state index in [9.17, 15) is 0 Å². The fourth-order valence-corrected chi connectivity index (χ4v) is 8.38. The molecule has 0 amide bonds. The van der Waals surface area contributed by atoms with Gasteiger partial charge in [0.1, 0.15) is 11.5 Å². The Kier molecular flexibility index (Phi) is 11.9. The molecular formula is C59H50N2O2. The molecule has 308 valence electrons. The lowest BCUT2D eigenvalue weighted by Crippen LogP contribution is -2.12. The van der Waals surface area contributed by atoms with E-state index in [0.717, 1.165) is 74.3 Å². The molecule has 0 N–H and O–H groups in total. The predicted molar refractivity (Wildman–Crippen MR) is 265 cm³/mol. The number of hydrogen-bond acceptors (Lipinski definition) is 4. The maximum atomic E-state index is 5.62. The minimum atomic E-state index is 0.844. The zero-order valence-corrected chi connectivity index (χ0v) is 36.2. The second kappa shape index (κ2) is 18.4. The predicted octanol–water partition coefficient (Wildman–Crippen LogP) is 16.2. The SMILES string of the molecule is CCc1cc(OC)ccc1N(c1ccc(-c2ccccc2)cc1)c1ccc(-c2ccc(-c3ccc(N(c4ccc(-c5ccccc5)cc4)c4ccc(OC)cc4C)cc3)cc2)cc1. The first-order valence-corrected chi connectivity index (χ1v) is 21.5. The van der Waals surface area contributed by atoms with Gasteiger partial charge in [-0.2, -0.15) is 0 Å². The number of ether oxygens (including phenoxy) is 2. The van der Waals surface area contributed by atoms with Gasteiger partial charge in [0.05, 0.1) is 14.2 Å². The highest BCUT2D eigenvalue weighted by atomic mass is 16.5. The molecule has 0 bridgehead atoms. The molecule has 0 aliphatic heterocycles. The molecule has 0 aliphatic rings. The zero-order chi connectivity index (χ0) is 43.1. The van der Waals surface area contributed by atoms with Crippen LogP contribution in [0.1, 0.15) is 18.1 Å². The molecule has 0 fully saturated rings. The Morgan fingerprint density at radius 1 is 0.333 bits per heavy atom. The quantitative estimate of drug-likeness (QED) is 0.116. The standard InChI is InChI=1S/C59H50N2O2/c1-5-43-41-57(63-4)37-39-59(43)61(54-32-22-49(23-33-54)45-14-10-7-11-15-45)55-34-26-51(27-35-55)47-18-16-46(17-19-47)50-24-30-53(31-25-50)60(58-38-36-56(62-3)40-42(58)2)52-28-20-48(21-29-52)44-12-8-6-9-13-44/h6-41H,5H2,1-4H3. The van der Waals surface area contributed by atoms with Crippen molar-refractivity contribution in [2.45, 2.75) is 20.3 Å². The zero-order valence-electron chi connectivity index (χ0n) is 36.2. The van der Waals surface area contributed by atoms with E-state index >= 15 is 0 Å². The lowest BCUT2D eigenvalue weighted by molar-refractivity contribution is 0.414. The molecule has 0 radical (unpaired) electrons. The van der Waals surface area contributed by atoms with Crippen molar-refractivity contribution in [1.82, 2.24) is 0 Å². The molecule has 63 heavy (non-hydrogen) atoms. The minimum Gasteiger partial charge on any atom is -0.497 e. The average molecular weight is 819 g/mol. The summed E-state index contributed by atoms with van der Waals surface area (Å²) in [6.07, 6.45) is 0.877. The summed E-state index contributed by atoms with van der Waals surface area (Å²) in [6, 6.07) is 77.9. The summed E-state index contributed by atoms with van der Waals surface area (Å²) in [7, 11) is 3.44. The van der Waals surface area contributed by atoms with Crippen molar-refractivity contribution in [3.8, 4) is 56.0 Å². The van der Waals surface area contributed by atoms with Crippen molar-refractivity contribution >= 4 is 34.1 Å². The Labute approximate surface area is 371 Å². The average Bonchev–Trinajstić information content (AvgIpc) is 3.36. The van der Waals surface area contributed by atoms with Gasteiger partial charge in [-0.25, -0.2) is 0 Å². The van der Waals surface area contributed by atoms with Crippen LogP contribution in [0.5, 0.6) is 11.5 Å².